The summed E-state index contributed by atoms with van der Waals surface area (Å²) in [4.78, 5) is 13.0. The number of carbonyl (C=O) groups is 1. The van der Waals surface area contributed by atoms with Gasteiger partial charge in [-0.1, -0.05) is 49.7 Å². The molecule has 0 atom stereocenters. The van der Waals surface area contributed by atoms with E-state index in [1.54, 1.807) is 7.11 Å². The van der Waals surface area contributed by atoms with E-state index in [1.165, 1.54) is 0 Å². The van der Waals surface area contributed by atoms with Crippen molar-refractivity contribution in [2.45, 2.75) is 33.3 Å². The second-order valence-corrected chi connectivity index (χ2v) is 6.47. The average molecular weight is 372 g/mol. The van der Waals surface area contributed by atoms with Crippen LogP contribution in [0.1, 0.15) is 41.1 Å². The molecule has 26 heavy (non-hydrogen) atoms. The number of amides is 1. The third-order valence-electron chi connectivity index (χ3n) is 4.51. The Balaban J connectivity index is 2.05. The van der Waals surface area contributed by atoms with E-state index in [2.05, 4.69) is 12.2 Å². The van der Waals surface area contributed by atoms with Gasteiger partial charge in [-0.25, -0.2) is 0 Å². The maximum absolute atomic E-state index is 13.0. The summed E-state index contributed by atoms with van der Waals surface area (Å²) in [5.41, 5.74) is 4.17. The largest absolute Gasteiger partial charge is 0.451 e. The molecule has 1 amide bonds. The van der Waals surface area contributed by atoms with Crippen LogP contribution in [-0.2, 0) is 24.2 Å². The maximum Gasteiger partial charge on any atom is 0.291 e. The van der Waals surface area contributed by atoms with Gasteiger partial charge >= 0.3 is 0 Å². The summed E-state index contributed by atoms with van der Waals surface area (Å²) >= 11 is 6.34. The van der Waals surface area contributed by atoms with Gasteiger partial charge in [0.15, 0.2) is 5.76 Å². The second kappa shape index (κ2) is 7.94. The lowest BCUT2D eigenvalue weighted by Crippen LogP contribution is -2.16. The molecule has 0 bridgehead atoms. The Hall–Kier alpha value is -2.30. The monoisotopic (exact) mass is 371 g/mol. The molecule has 0 fully saturated rings. The normalized spacial score (nSPS) is 11.1. The fourth-order valence-corrected chi connectivity index (χ4v) is 3.50. The van der Waals surface area contributed by atoms with Crippen LogP contribution in [0, 0.1) is 0 Å². The first-order valence-electron chi connectivity index (χ1n) is 8.71. The number of hydrogen-bond acceptors (Lipinski definition) is 3. The Morgan fingerprint density at radius 1 is 1.12 bits per heavy atom. The quantitative estimate of drug-likeness (QED) is 0.612. The molecule has 1 N–H and O–H groups in total. The van der Waals surface area contributed by atoms with Gasteiger partial charge in [-0.3, -0.25) is 4.79 Å². The first-order chi connectivity index (χ1) is 12.6. The fourth-order valence-electron chi connectivity index (χ4n) is 3.21. The molecule has 1 aromatic heterocycles. The van der Waals surface area contributed by atoms with Crippen molar-refractivity contribution in [1.82, 2.24) is 0 Å². The van der Waals surface area contributed by atoms with Gasteiger partial charge in [0, 0.05) is 28.8 Å². The molecular formula is C21H22ClNO3. The lowest BCUT2D eigenvalue weighted by molar-refractivity contribution is 0.0992. The highest BCUT2D eigenvalue weighted by Gasteiger charge is 2.22. The van der Waals surface area contributed by atoms with Gasteiger partial charge in [0.1, 0.15) is 5.58 Å². The number of methoxy groups -OCH3 is 1. The number of anilines is 1. The van der Waals surface area contributed by atoms with Crippen LogP contribution in [0.15, 0.2) is 40.8 Å². The van der Waals surface area contributed by atoms with Gasteiger partial charge in [0.2, 0.25) is 0 Å². The number of rotatable bonds is 6. The van der Waals surface area contributed by atoms with Crippen molar-refractivity contribution in [3.8, 4) is 0 Å². The molecule has 0 aliphatic heterocycles. The standard InChI is InChI=1S/C21H22ClNO3/c1-4-13-10-11-17(22)14(5-2)19(13)23-21(24)20-16(12-25-3)15-8-6-7-9-18(15)26-20/h6-11H,4-5,12H2,1-3H3,(H,23,24). The van der Waals surface area contributed by atoms with Crippen molar-refractivity contribution in [3.63, 3.8) is 0 Å². The molecule has 3 rings (SSSR count). The van der Waals surface area contributed by atoms with Gasteiger partial charge in [-0.05, 0) is 36.1 Å². The Morgan fingerprint density at radius 3 is 2.58 bits per heavy atom. The molecular weight excluding hydrogens is 350 g/mol. The molecule has 2 aromatic carbocycles. The Bertz CT molecular complexity index is 946. The van der Waals surface area contributed by atoms with Crippen LogP contribution >= 0.6 is 11.6 Å². The lowest BCUT2D eigenvalue weighted by Gasteiger charge is -2.15. The zero-order chi connectivity index (χ0) is 18.7. The maximum atomic E-state index is 13.0. The molecule has 5 heteroatoms. The molecule has 0 unspecified atom stereocenters. The lowest BCUT2D eigenvalue weighted by atomic mass is 10.0. The highest BCUT2D eigenvalue weighted by molar-refractivity contribution is 6.32. The number of para-hydroxylation sites is 1. The summed E-state index contributed by atoms with van der Waals surface area (Å²) in [5, 5.41) is 4.57. The van der Waals surface area contributed by atoms with Crippen LogP contribution in [-0.4, -0.2) is 13.0 Å². The van der Waals surface area contributed by atoms with Crippen LogP contribution in [0.3, 0.4) is 0 Å². The predicted octanol–water partition coefficient (Wildman–Crippen LogP) is 5.61. The molecule has 0 aliphatic rings. The number of fused-ring (bicyclic) bond motifs is 1. The minimum atomic E-state index is -0.292. The van der Waals surface area contributed by atoms with E-state index >= 15 is 0 Å². The first-order valence-corrected chi connectivity index (χ1v) is 9.09. The number of carbonyl (C=O) groups excluding carboxylic acids is 1. The number of hydrogen-bond donors (Lipinski definition) is 1. The number of nitrogens with one attached hydrogen (secondary N) is 1. The van der Waals surface area contributed by atoms with Crippen LogP contribution in [0.4, 0.5) is 5.69 Å². The van der Waals surface area contributed by atoms with Crippen LogP contribution in [0.2, 0.25) is 5.02 Å². The van der Waals surface area contributed by atoms with Crippen LogP contribution in [0.25, 0.3) is 11.0 Å². The van der Waals surface area contributed by atoms with Gasteiger partial charge < -0.3 is 14.5 Å². The van der Waals surface area contributed by atoms with Crippen molar-refractivity contribution in [2.24, 2.45) is 0 Å². The molecule has 1 heterocycles. The molecule has 0 spiro atoms. The Kier molecular flexibility index (Phi) is 5.64. The van der Waals surface area contributed by atoms with Gasteiger partial charge in [0.25, 0.3) is 5.91 Å². The highest BCUT2D eigenvalue weighted by atomic mass is 35.5. The molecule has 0 saturated carbocycles. The number of furan rings is 1. The summed E-state index contributed by atoms with van der Waals surface area (Å²) in [7, 11) is 1.60. The zero-order valence-corrected chi connectivity index (χ0v) is 15.9. The van der Waals surface area contributed by atoms with Crippen molar-refractivity contribution >= 4 is 34.2 Å². The minimum Gasteiger partial charge on any atom is -0.451 e. The fraction of sp³-hybridized carbons (Fsp3) is 0.286. The second-order valence-electron chi connectivity index (χ2n) is 6.06. The average Bonchev–Trinajstić information content (AvgIpc) is 3.01. The predicted molar refractivity (Wildman–Crippen MR) is 105 cm³/mol. The van der Waals surface area contributed by atoms with Gasteiger partial charge in [0.05, 0.1) is 6.61 Å². The van der Waals surface area contributed by atoms with Crippen molar-refractivity contribution < 1.29 is 13.9 Å². The Morgan fingerprint density at radius 2 is 1.88 bits per heavy atom. The molecule has 136 valence electrons. The van der Waals surface area contributed by atoms with E-state index in [9.17, 15) is 4.79 Å². The number of ether oxygens (including phenoxy) is 1. The molecule has 0 aliphatic carbocycles. The van der Waals surface area contributed by atoms with Gasteiger partial charge in [-0.2, -0.15) is 0 Å². The van der Waals surface area contributed by atoms with Crippen molar-refractivity contribution in [2.75, 3.05) is 12.4 Å². The summed E-state index contributed by atoms with van der Waals surface area (Å²) in [6, 6.07) is 11.4. The third kappa shape index (κ3) is 3.35. The SMILES string of the molecule is CCc1ccc(Cl)c(CC)c1NC(=O)c1oc2ccccc2c1COC. The summed E-state index contributed by atoms with van der Waals surface area (Å²) in [5.74, 6) is -0.0166. The van der Waals surface area contributed by atoms with E-state index in [0.29, 0.717) is 17.2 Å². The first kappa shape index (κ1) is 18.5. The number of benzene rings is 2. The van der Waals surface area contributed by atoms with Crippen LogP contribution in [0.5, 0.6) is 0 Å². The van der Waals surface area contributed by atoms with E-state index in [0.717, 1.165) is 40.6 Å². The van der Waals surface area contributed by atoms with E-state index in [4.69, 9.17) is 20.8 Å². The smallest absolute Gasteiger partial charge is 0.291 e. The summed E-state index contributed by atoms with van der Waals surface area (Å²) in [6.07, 6.45) is 1.53. The van der Waals surface area contributed by atoms with Crippen molar-refractivity contribution in [1.29, 1.82) is 0 Å². The topological polar surface area (TPSA) is 51.5 Å². The van der Waals surface area contributed by atoms with Crippen LogP contribution < -0.4 is 5.32 Å². The third-order valence-corrected chi connectivity index (χ3v) is 4.86. The molecule has 0 radical (unpaired) electrons. The van der Waals surface area contributed by atoms with E-state index in [-0.39, 0.29) is 11.7 Å². The summed E-state index contributed by atoms with van der Waals surface area (Å²) < 4.78 is 11.1. The van der Waals surface area contributed by atoms with E-state index < -0.39 is 0 Å². The van der Waals surface area contributed by atoms with Gasteiger partial charge in [-0.15, -0.1) is 0 Å². The molecule has 3 aromatic rings. The minimum absolute atomic E-state index is 0.275. The Labute approximate surface area is 158 Å². The number of aryl methyl sites for hydroxylation is 1. The van der Waals surface area contributed by atoms with Crippen molar-refractivity contribution in [3.05, 3.63) is 63.9 Å². The summed E-state index contributed by atoms with van der Waals surface area (Å²) in [6.45, 7) is 4.38. The molecule has 0 saturated heterocycles. The number of halogens is 1. The van der Waals surface area contributed by atoms with E-state index in [1.807, 2.05) is 43.3 Å². The zero-order valence-electron chi connectivity index (χ0n) is 15.2. The molecule has 4 nitrogen and oxygen atoms in total. The highest BCUT2D eigenvalue weighted by Crippen LogP contribution is 2.32.